The number of H-pyrrole nitrogens is 1. The number of nitrogens with zero attached hydrogens (tertiary/aromatic N) is 4. The zero-order chi connectivity index (χ0) is 20.7. The summed E-state index contributed by atoms with van der Waals surface area (Å²) in [6, 6.07) is 6.23. The Kier molecular flexibility index (Phi) is 4.76. The summed E-state index contributed by atoms with van der Waals surface area (Å²) in [5.74, 6) is 0.504. The predicted molar refractivity (Wildman–Crippen MR) is 118 cm³/mol. The minimum Gasteiger partial charge on any atom is -0.346 e. The molecule has 1 saturated heterocycles. The van der Waals surface area contributed by atoms with Gasteiger partial charge in [-0.25, -0.2) is 4.98 Å². The van der Waals surface area contributed by atoms with Crippen molar-refractivity contribution in [1.29, 1.82) is 5.26 Å². The molecule has 2 atom stereocenters. The zero-order valence-corrected chi connectivity index (χ0v) is 17.1. The van der Waals surface area contributed by atoms with Gasteiger partial charge in [0, 0.05) is 54.7 Å². The van der Waals surface area contributed by atoms with Gasteiger partial charge in [0.25, 0.3) is 0 Å². The average Bonchev–Trinajstić information content (AvgIpc) is 3.25. The molecule has 0 aromatic carbocycles. The molecule has 152 valence electrons. The maximum Gasteiger partial charge on any atom is 0.190 e. The molecule has 3 aromatic heterocycles. The molecule has 1 aliphatic heterocycles. The third kappa shape index (κ3) is 3.25. The number of pyridine rings is 2. The van der Waals surface area contributed by atoms with E-state index in [1.54, 1.807) is 12.3 Å². The van der Waals surface area contributed by atoms with Crippen LogP contribution >= 0.6 is 0 Å². The summed E-state index contributed by atoms with van der Waals surface area (Å²) in [4.78, 5) is 22.6. The molecule has 30 heavy (non-hydrogen) atoms. The van der Waals surface area contributed by atoms with Crippen LogP contribution in [0, 0.1) is 17.2 Å². The van der Waals surface area contributed by atoms with Crippen molar-refractivity contribution in [3.8, 4) is 6.07 Å². The van der Waals surface area contributed by atoms with Crippen molar-refractivity contribution < 1.29 is 0 Å². The van der Waals surface area contributed by atoms with Crippen LogP contribution in [0.1, 0.15) is 32.2 Å². The minimum atomic E-state index is 0.0142. The van der Waals surface area contributed by atoms with Crippen LogP contribution in [0.3, 0.4) is 0 Å². The number of piperidine rings is 1. The molecule has 0 bridgehead atoms. The monoisotopic (exact) mass is 399 g/mol. The third-order valence-corrected chi connectivity index (χ3v) is 6.57. The molecule has 6 nitrogen and oxygen atoms in total. The number of hydrogen-bond acceptors (Lipinski definition) is 4. The van der Waals surface area contributed by atoms with Crippen LogP contribution < -0.4 is 5.43 Å². The Morgan fingerprint density at radius 1 is 1.33 bits per heavy atom. The first-order chi connectivity index (χ1) is 14.6. The molecule has 5 rings (SSSR count). The van der Waals surface area contributed by atoms with Crippen LogP contribution in [0.5, 0.6) is 0 Å². The highest BCUT2D eigenvalue weighted by Gasteiger charge is 2.29. The minimum absolute atomic E-state index is 0.0142. The SMILES string of the molecule is C[C@@H]1CCN(CC2=CC(C#N)=CCC2)C[C@@H]1n1ccc(=O)c2cnc3[nH]ccc3c21. The predicted octanol–water partition coefficient (Wildman–Crippen LogP) is 3.93. The number of aromatic amines is 1. The topological polar surface area (TPSA) is 77.7 Å². The number of nitrogens with one attached hydrogen (secondary N) is 1. The van der Waals surface area contributed by atoms with E-state index in [2.05, 4.69) is 38.5 Å². The van der Waals surface area contributed by atoms with Gasteiger partial charge in [0.05, 0.1) is 17.0 Å². The fourth-order valence-electron chi connectivity index (χ4n) is 4.92. The van der Waals surface area contributed by atoms with Gasteiger partial charge in [-0.15, -0.1) is 0 Å². The quantitative estimate of drug-likeness (QED) is 0.724. The van der Waals surface area contributed by atoms with E-state index >= 15 is 0 Å². The maximum atomic E-state index is 12.5. The second-order valence-electron chi connectivity index (χ2n) is 8.53. The van der Waals surface area contributed by atoms with Crippen molar-refractivity contribution in [2.24, 2.45) is 5.92 Å². The van der Waals surface area contributed by atoms with Crippen LogP contribution in [-0.4, -0.2) is 39.1 Å². The summed E-state index contributed by atoms with van der Waals surface area (Å²) in [6.07, 6.45) is 12.7. The number of hydrogen-bond donors (Lipinski definition) is 1. The molecule has 0 saturated carbocycles. The summed E-state index contributed by atoms with van der Waals surface area (Å²) in [6.45, 7) is 5.19. The molecule has 1 fully saturated rings. The smallest absolute Gasteiger partial charge is 0.190 e. The highest BCUT2D eigenvalue weighted by molar-refractivity contribution is 6.02. The van der Waals surface area contributed by atoms with Gasteiger partial charge in [-0.1, -0.05) is 18.6 Å². The van der Waals surface area contributed by atoms with Gasteiger partial charge >= 0.3 is 0 Å². The Labute approximate surface area is 175 Å². The van der Waals surface area contributed by atoms with E-state index < -0.39 is 0 Å². The number of allylic oxidation sites excluding steroid dienone is 3. The lowest BCUT2D eigenvalue weighted by molar-refractivity contribution is 0.143. The second-order valence-corrected chi connectivity index (χ2v) is 8.53. The maximum absolute atomic E-state index is 12.5. The van der Waals surface area contributed by atoms with Crippen molar-refractivity contribution in [1.82, 2.24) is 19.4 Å². The number of rotatable bonds is 3. The number of fused-ring (bicyclic) bond motifs is 3. The Hall–Kier alpha value is -3.17. The molecule has 1 N–H and O–H groups in total. The highest BCUT2D eigenvalue weighted by atomic mass is 16.1. The van der Waals surface area contributed by atoms with E-state index in [9.17, 15) is 10.1 Å². The lowest BCUT2D eigenvalue weighted by Gasteiger charge is -2.39. The highest BCUT2D eigenvalue weighted by Crippen LogP contribution is 2.32. The molecule has 3 aromatic rings. The Morgan fingerprint density at radius 2 is 2.23 bits per heavy atom. The van der Waals surface area contributed by atoms with Gasteiger partial charge in [0.15, 0.2) is 5.43 Å². The fourth-order valence-corrected chi connectivity index (χ4v) is 4.92. The first-order valence-corrected chi connectivity index (χ1v) is 10.6. The first-order valence-electron chi connectivity index (χ1n) is 10.6. The molecule has 6 heteroatoms. The molecule has 0 spiro atoms. The van der Waals surface area contributed by atoms with Gasteiger partial charge in [0.1, 0.15) is 5.65 Å². The van der Waals surface area contributed by atoms with E-state index in [0.29, 0.717) is 11.3 Å². The second kappa shape index (κ2) is 7.58. The molecular weight excluding hydrogens is 374 g/mol. The zero-order valence-electron chi connectivity index (χ0n) is 17.1. The van der Waals surface area contributed by atoms with Gasteiger partial charge < -0.3 is 9.55 Å². The normalized spacial score (nSPS) is 22.7. The molecular formula is C24H25N5O. The van der Waals surface area contributed by atoms with Crippen molar-refractivity contribution in [2.45, 2.75) is 32.2 Å². The van der Waals surface area contributed by atoms with E-state index in [-0.39, 0.29) is 11.5 Å². The van der Waals surface area contributed by atoms with Crippen LogP contribution in [0.2, 0.25) is 0 Å². The van der Waals surface area contributed by atoms with E-state index in [1.807, 2.05) is 24.5 Å². The molecule has 0 amide bonds. The summed E-state index contributed by atoms with van der Waals surface area (Å²) in [5, 5.41) is 10.9. The average molecular weight is 399 g/mol. The van der Waals surface area contributed by atoms with E-state index in [1.165, 1.54) is 5.57 Å². The molecule has 4 heterocycles. The van der Waals surface area contributed by atoms with Crippen molar-refractivity contribution in [3.05, 3.63) is 64.2 Å². The molecule has 1 aliphatic carbocycles. The first kappa shape index (κ1) is 18.8. The van der Waals surface area contributed by atoms with Crippen LogP contribution in [0.15, 0.2) is 58.8 Å². The lowest BCUT2D eigenvalue weighted by Crippen LogP contribution is -2.42. The van der Waals surface area contributed by atoms with Crippen LogP contribution in [-0.2, 0) is 0 Å². The van der Waals surface area contributed by atoms with Gasteiger partial charge in [-0.2, -0.15) is 5.26 Å². The number of likely N-dealkylation sites (tertiary alicyclic amines) is 1. The standard InChI is InChI=1S/C24H25N5O/c1-16-6-9-28(14-18-4-2-3-17(11-18)12-25)15-21(16)29-10-7-22(30)20-13-27-24-19(23(20)29)5-8-26-24/h3,5,7-8,10-11,13,16,21H,2,4,6,9,14-15H2,1H3,(H,26,27)/t16-,21+/m1/s1. The van der Waals surface area contributed by atoms with Crippen LogP contribution in [0.25, 0.3) is 21.9 Å². The number of nitriles is 1. The van der Waals surface area contributed by atoms with Crippen molar-refractivity contribution in [3.63, 3.8) is 0 Å². The Morgan fingerprint density at radius 3 is 3.10 bits per heavy atom. The van der Waals surface area contributed by atoms with Crippen molar-refractivity contribution >= 4 is 21.9 Å². The molecule has 2 aliphatic rings. The molecule has 0 radical (unpaired) electrons. The number of aromatic nitrogens is 3. The third-order valence-electron chi connectivity index (χ3n) is 6.57. The summed E-state index contributed by atoms with van der Waals surface area (Å²) < 4.78 is 2.29. The largest absolute Gasteiger partial charge is 0.346 e. The molecule has 0 unspecified atom stereocenters. The van der Waals surface area contributed by atoms with E-state index in [0.717, 1.165) is 61.0 Å². The summed E-state index contributed by atoms with van der Waals surface area (Å²) in [7, 11) is 0. The Bertz CT molecular complexity index is 1270. The van der Waals surface area contributed by atoms with Gasteiger partial charge in [0.2, 0.25) is 0 Å². The van der Waals surface area contributed by atoms with Crippen LogP contribution in [0.4, 0.5) is 0 Å². The Balaban J connectivity index is 1.51. The lowest BCUT2D eigenvalue weighted by atomic mass is 9.91. The van der Waals surface area contributed by atoms with Gasteiger partial charge in [-0.3, -0.25) is 9.69 Å². The fraction of sp³-hybridized carbons (Fsp3) is 0.375. The summed E-state index contributed by atoms with van der Waals surface area (Å²) in [5.41, 5.74) is 3.92. The summed E-state index contributed by atoms with van der Waals surface area (Å²) >= 11 is 0. The van der Waals surface area contributed by atoms with Gasteiger partial charge in [-0.05, 0) is 43.9 Å². The van der Waals surface area contributed by atoms with E-state index in [4.69, 9.17) is 0 Å². The van der Waals surface area contributed by atoms with Crippen molar-refractivity contribution in [2.75, 3.05) is 19.6 Å².